The lowest BCUT2D eigenvalue weighted by molar-refractivity contribution is 0.415. The molecule has 0 amide bonds. The van der Waals surface area contributed by atoms with E-state index in [0.29, 0.717) is 5.75 Å². The Kier molecular flexibility index (Phi) is 2.60. The molecule has 4 rings (SSSR count). The zero-order valence-corrected chi connectivity index (χ0v) is 11.5. The zero-order valence-electron chi connectivity index (χ0n) is 11.5. The van der Waals surface area contributed by atoms with E-state index in [1.165, 1.54) is 0 Å². The maximum atomic E-state index is 5.48. The van der Waals surface area contributed by atoms with Crippen LogP contribution in [0.1, 0.15) is 0 Å². The molecule has 0 spiro atoms. The predicted molar refractivity (Wildman–Crippen MR) is 83.4 cm³/mol. The number of H-pyrrole nitrogens is 1. The number of benzene rings is 2. The molecule has 102 valence electrons. The van der Waals surface area contributed by atoms with E-state index in [1.807, 2.05) is 54.6 Å². The normalized spacial score (nSPS) is 11.1. The van der Waals surface area contributed by atoms with Gasteiger partial charge in [0.15, 0.2) is 5.82 Å². The number of hydrogen-bond acceptors (Lipinski definition) is 3. The number of aromatic nitrogens is 3. The van der Waals surface area contributed by atoms with Gasteiger partial charge < -0.3 is 9.72 Å². The number of para-hydroxylation sites is 3. The van der Waals surface area contributed by atoms with E-state index in [-0.39, 0.29) is 0 Å². The van der Waals surface area contributed by atoms with Crippen LogP contribution < -0.4 is 4.74 Å². The Morgan fingerprint density at radius 3 is 2.48 bits per heavy atom. The van der Waals surface area contributed by atoms with E-state index in [0.717, 1.165) is 33.5 Å². The van der Waals surface area contributed by atoms with E-state index in [2.05, 4.69) is 9.97 Å². The van der Waals surface area contributed by atoms with E-state index in [1.54, 1.807) is 7.11 Å². The third-order valence-electron chi connectivity index (χ3n) is 3.52. The molecule has 2 heterocycles. The lowest BCUT2D eigenvalue weighted by atomic mass is 10.2. The first-order chi connectivity index (χ1) is 10.3. The quantitative estimate of drug-likeness (QED) is 0.605. The number of imidazole rings is 1. The molecule has 2 aromatic heterocycles. The van der Waals surface area contributed by atoms with Gasteiger partial charge in [0.25, 0.3) is 0 Å². The second kappa shape index (κ2) is 4.59. The standard InChI is InChI=1S/C17H13N3O/c1-21-15-10-11-6-2-3-7-12(11)18-16(15)17-19-13-8-4-5-9-14(13)20-17/h2-10H,1H3,(H,19,20). The Labute approximate surface area is 121 Å². The van der Waals surface area contributed by atoms with Crippen LogP contribution in [0, 0.1) is 0 Å². The highest BCUT2D eigenvalue weighted by molar-refractivity contribution is 5.86. The zero-order chi connectivity index (χ0) is 14.2. The summed E-state index contributed by atoms with van der Waals surface area (Å²) in [5, 5.41) is 1.05. The molecule has 4 heteroatoms. The molecule has 0 aliphatic carbocycles. The van der Waals surface area contributed by atoms with Crippen LogP contribution in [0.15, 0.2) is 54.6 Å². The fourth-order valence-electron chi connectivity index (χ4n) is 2.49. The minimum atomic E-state index is 0.716. The van der Waals surface area contributed by atoms with Crippen molar-refractivity contribution in [3.8, 4) is 17.3 Å². The van der Waals surface area contributed by atoms with Gasteiger partial charge in [-0.2, -0.15) is 0 Å². The lowest BCUT2D eigenvalue weighted by Crippen LogP contribution is -1.93. The number of nitrogens with one attached hydrogen (secondary N) is 1. The highest BCUT2D eigenvalue weighted by atomic mass is 16.5. The summed E-state index contributed by atoms with van der Waals surface area (Å²) in [5.74, 6) is 1.44. The summed E-state index contributed by atoms with van der Waals surface area (Å²) in [6, 6.07) is 17.9. The first-order valence-corrected chi connectivity index (χ1v) is 6.74. The number of ether oxygens (including phenoxy) is 1. The van der Waals surface area contributed by atoms with Gasteiger partial charge in [-0.3, -0.25) is 0 Å². The van der Waals surface area contributed by atoms with Crippen molar-refractivity contribution in [2.75, 3.05) is 7.11 Å². The molecule has 0 atom stereocenters. The van der Waals surface area contributed by atoms with Crippen LogP contribution in [0.2, 0.25) is 0 Å². The molecule has 1 N–H and O–H groups in total. The number of aromatic amines is 1. The summed E-state index contributed by atoms with van der Waals surface area (Å²) < 4.78 is 5.48. The van der Waals surface area contributed by atoms with Crippen molar-refractivity contribution in [1.82, 2.24) is 15.0 Å². The first kappa shape index (κ1) is 11.9. The first-order valence-electron chi connectivity index (χ1n) is 6.74. The molecule has 0 saturated carbocycles. The van der Waals surface area contributed by atoms with Crippen molar-refractivity contribution in [2.24, 2.45) is 0 Å². The fourth-order valence-corrected chi connectivity index (χ4v) is 2.49. The van der Waals surface area contributed by atoms with E-state index >= 15 is 0 Å². The number of pyridine rings is 1. The highest BCUT2D eigenvalue weighted by Crippen LogP contribution is 2.30. The maximum Gasteiger partial charge on any atom is 0.161 e. The molecule has 4 aromatic rings. The van der Waals surface area contributed by atoms with Crippen LogP contribution in [-0.2, 0) is 0 Å². The van der Waals surface area contributed by atoms with Gasteiger partial charge >= 0.3 is 0 Å². The largest absolute Gasteiger partial charge is 0.494 e. The highest BCUT2D eigenvalue weighted by Gasteiger charge is 2.13. The summed E-state index contributed by atoms with van der Waals surface area (Å²) >= 11 is 0. The summed E-state index contributed by atoms with van der Waals surface area (Å²) in [7, 11) is 1.65. The van der Waals surface area contributed by atoms with Crippen molar-refractivity contribution < 1.29 is 4.74 Å². The Hall–Kier alpha value is -2.88. The van der Waals surface area contributed by atoms with Crippen molar-refractivity contribution in [3.05, 3.63) is 54.6 Å². The molecule has 0 unspecified atom stereocenters. The minimum absolute atomic E-state index is 0.716. The number of fused-ring (bicyclic) bond motifs is 2. The van der Waals surface area contributed by atoms with Crippen LogP contribution in [0.5, 0.6) is 5.75 Å². The number of nitrogens with zero attached hydrogens (tertiary/aromatic N) is 2. The maximum absolute atomic E-state index is 5.48. The summed E-state index contributed by atoms with van der Waals surface area (Å²) in [6.45, 7) is 0. The molecule has 2 aromatic carbocycles. The SMILES string of the molecule is COc1cc2ccccc2nc1-c1nc2ccccc2[nH]1. The Morgan fingerprint density at radius 2 is 1.67 bits per heavy atom. The molecule has 0 fully saturated rings. The fraction of sp³-hybridized carbons (Fsp3) is 0.0588. The van der Waals surface area contributed by atoms with Crippen molar-refractivity contribution in [3.63, 3.8) is 0 Å². The van der Waals surface area contributed by atoms with Crippen LogP contribution in [-0.4, -0.2) is 22.1 Å². The summed E-state index contributed by atoms with van der Waals surface area (Å²) in [6.07, 6.45) is 0. The van der Waals surface area contributed by atoms with Gasteiger partial charge in [-0.05, 0) is 24.3 Å². The molecular weight excluding hydrogens is 262 g/mol. The minimum Gasteiger partial charge on any atom is -0.494 e. The monoisotopic (exact) mass is 275 g/mol. The number of methoxy groups -OCH3 is 1. The molecule has 21 heavy (non-hydrogen) atoms. The van der Waals surface area contributed by atoms with Crippen LogP contribution >= 0.6 is 0 Å². The van der Waals surface area contributed by atoms with Gasteiger partial charge in [-0.25, -0.2) is 9.97 Å². The van der Waals surface area contributed by atoms with Crippen molar-refractivity contribution in [1.29, 1.82) is 0 Å². The van der Waals surface area contributed by atoms with Crippen LogP contribution in [0.25, 0.3) is 33.5 Å². The Bertz CT molecular complexity index is 910. The van der Waals surface area contributed by atoms with Gasteiger partial charge in [0.2, 0.25) is 0 Å². The third kappa shape index (κ3) is 1.92. The third-order valence-corrected chi connectivity index (χ3v) is 3.52. The van der Waals surface area contributed by atoms with Gasteiger partial charge in [0.1, 0.15) is 11.4 Å². The molecule has 0 saturated heterocycles. The molecule has 0 bridgehead atoms. The van der Waals surface area contributed by atoms with Gasteiger partial charge in [0, 0.05) is 5.39 Å². The average Bonchev–Trinajstić information content (AvgIpc) is 2.97. The van der Waals surface area contributed by atoms with Gasteiger partial charge in [0.05, 0.1) is 23.7 Å². The molecule has 0 radical (unpaired) electrons. The van der Waals surface area contributed by atoms with Crippen molar-refractivity contribution in [2.45, 2.75) is 0 Å². The second-order valence-electron chi connectivity index (χ2n) is 4.83. The van der Waals surface area contributed by atoms with Crippen LogP contribution in [0.3, 0.4) is 0 Å². The lowest BCUT2D eigenvalue weighted by Gasteiger charge is -2.07. The Morgan fingerprint density at radius 1 is 0.905 bits per heavy atom. The average molecular weight is 275 g/mol. The second-order valence-corrected chi connectivity index (χ2v) is 4.83. The van der Waals surface area contributed by atoms with E-state index < -0.39 is 0 Å². The van der Waals surface area contributed by atoms with Gasteiger partial charge in [-0.15, -0.1) is 0 Å². The van der Waals surface area contributed by atoms with Gasteiger partial charge in [-0.1, -0.05) is 30.3 Å². The Balaban J connectivity index is 1.99. The molecule has 0 aliphatic heterocycles. The molecule has 0 aliphatic rings. The summed E-state index contributed by atoms with van der Waals surface area (Å²) in [5.41, 5.74) is 3.56. The van der Waals surface area contributed by atoms with Crippen LogP contribution in [0.4, 0.5) is 0 Å². The van der Waals surface area contributed by atoms with E-state index in [9.17, 15) is 0 Å². The topological polar surface area (TPSA) is 50.8 Å². The predicted octanol–water partition coefficient (Wildman–Crippen LogP) is 3.79. The smallest absolute Gasteiger partial charge is 0.161 e. The summed E-state index contributed by atoms with van der Waals surface area (Å²) in [4.78, 5) is 12.6. The number of hydrogen-bond donors (Lipinski definition) is 1. The molecule has 4 nitrogen and oxygen atoms in total. The van der Waals surface area contributed by atoms with Crippen molar-refractivity contribution >= 4 is 21.9 Å². The molecular formula is C17H13N3O. The number of rotatable bonds is 2. The van der Waals surface area contributed by atoms with E-state index in [4.69, 9.17) is 9.72 Å².